The minimum Gasteiger partial charge on any atom is -0.387 e. The van der Waals surface area contributed by atoms with Gasteiger partial charge in [0.1, 0.15) is 19.2 Å². The highest BCUT2D eigenvalue weighted by Crippen LogP contribution is 2.49. The molecule has 1 saturated heterocycles. The summed E-state index contributed by atoms with van der Waals surface area (Å²) in [5.74, 6) is -6.18. The standard InChI is InChI=1S/C57H65FN6O13/c1-5-57(75)41-24-45-52-40(28-63(45)27-39(41)55(73)77-56(57)74)50-35(14-16-38-33(4)42(58)25-44(62-52)51(38)50)23-37(66)29-76-30-60-47(68)19-17-46(67)43(22-34-12-7-6-8-13-34)61-48(69)18-15-36(65)26-59-53(71)31(2)11-9-10-20-64-49(70)21-32(3)54(64)72/h6-8,12-13,24-25,31-32,35,43,75H,5,9-11,14-23,26-30H2,1-4H3,(H,59,71)(H,60,68)(H,61,69)/t31?,32?,35-,43+,57+/m1/s1. The van der Waals surface area contributed by atoms with Gasteiger partial charge in [0.05, 0.1) is 41.6 Å². The van der Waals surface area contributed by atoms with Gasteiger partial charge in [-0.15, -0.1) is 0 Å². The summed E-state index contributed by atoms with van der Waals surface area (Å²) in [7, 11) is 0. The largest absolute Gasteiger partial charge is 0.387 e. The van der Waals surface area contributed by atoms with E-state index in [4.69, 9.17) is 14.5 Å². The molecular weight excluding hydrogens is 996 g/mol. The highest BCUT2D eigenvalue weighted by Gasteiger charge is 2.50. The molecule has 408 valence electrons. The van der Waals surface area contributed by atoms with Crippen LogP contribution in [-0.2, 0) is 76.8 Å². The van der Waals surface area contributed by atoms with Crippen molar-refractivity contribution < 1.29 is 66.9 Å². The number of hydrogen-bond acceptors (Lipinski definition) is 15. The van der Waals surface area contributed by atoms with Crippen LogP contribution in [0.25, 0.3) is 16.6 Å². The monoisotopic (exact) mass is 1060 g/mol. The maximum Gasteiger partial charge on any atom is 0.350 e. The number of esters is 2. The van der Waals surface area contributed by atoms with Crippen molar-refractivity contribution in [2.24, 2.45) is 11.8 Å². The molecule has 0 saturated carbocycles. The lowest BCUT2D eigenvalue weighted by Gasteiger charge is -2.36. The van der Waals surface area contributed by atoms with Crippen molar-refractivity contribution in [3.8, 4) is 0 Å². The molecular formula is C57H65FN6O13. The zero-order valence-corrected chi connectivity index (χ0v) is 43.9. The quantitative estimate of drug-likeness (QED) is 0.0305. The first-order valence-corrected chi connectivity index (χ1v) is 26.5. The summed E-state index contributed by atoms with van der Waals surface area (Å²) in [6, 6.07) is 9.35. The van der Waals surface area contributed by atoms with Gasteiger partial charge in [-0.1, -0.05) is 57.5 Å². The number of ether oxygens (including phenoxy) is 2. The van der Waals surface area contributed by atoms with E-state index in [2.05, 4.69) is 16.0 Å². The van der Waals surface area contributed by atoms with Crippen LogP contribution in [0.1, 0.15) is 131 Å². The number of hydrogen-bond donors (Lipinski definition) is 4. The Morgan fingerprint density at radius 1 is 0.961 bits per heavy atom. The summed E-state index contributed by atoms with van der Waals surface area (Å²) in [5.41, 5.74) is 3.44. The summed E-state index contributed by atoms with van der Waals surface area (Å²) < 4.78 is 25.9. The van der Waals surface area contributed by atoms with Crippen LogP contribution >= 0.6 is 0 Å². The first-order valence-electron chi connectivity index (χ1n) is 26.5. The second-order valence-electron chi connectivity index (χ2n) is 20.9. The normalized spacial score (nSPS) is 20.3. The summed E-state index contributed by atoms with van der Waals surface area (Å²) >= 11 is 0. The van der Waals surface area contributed by atoms with Crippen molar-refractivity contribution in [1.29, 1.82) is 0 Å². The molecule has 0 bridgehead atoms. The van der Waals surface area contributed by atoms with Crippen molar-refractivity contribution in [3.63, 3.8) is 0 Å². The number of ketones is 3. The van der Waals surface area contributed by atoms with Gasteiger partial charge in [-0.2, -0.15) is 0 Å². The molecule has 4 aliphatic heterocycles. The number of imide groups is 1. The van der Waals surface area contributed by atoms with Gasteiger partial charge < -0.3 is 35.4 Å². The first-order chi connectivity index (χ1) is 36.8. The molecule has 5 amide bonds. The highest BCUT2D eigenvalue weighted by molar-refractivity contribution is 6.08. The molecule has 4 N–H and O–H groups in total. The maximum atomic E-state index is 15.4. The van der Waals surface area contributed by atoms with Crippen LogP contribution < -0.4 is 16.0 Å². The minimum absolute atomic E-state index is 0.0353. The Balaban J connectivity index is 0.797. The van der Waals surface area contributed by atoms with Gasteiger partial charge in [-0.3, -0.25) is 43.3 Å². The van der Waals surface area contributed by atoms with Gasteiger partial charge >= 0.3 is 11.9 Å². The topological polar surface area (TPSA) is 265 Å². The first kappa shape index (κ1) is 55.9. The average molecular weight is 1060 g/mol. The summed E-state index contributed by atoms with van der Waals surface area (Å²) in [6.45, 7) is 6.48. The van der Waals surface area contributed by atoms with Crippen molar-refractivity contribution >= 4 is 75.4 Å². The number of amides is 5. The second-order valence-corrected chi connectivity index (χ2v) is 20.9. The van der Waals surface area contributed by atoms with E-state index >= 15 is 4.39 Å². The van der Waals surface area contributed by atoms with E-state index in [1.54, 1.807) is 58.0 Å². The molecule has 0 spiro atoms. The van der Waals surface area contributed by atoms with E-state index in [1.165, 1.54) is 11.0 Å². The summed E-state index contributed by atoms with van der Waals surface area (Å²) in [5, 5.41) is 20.0. The predicted octanol–water partition coefficient (Wildman–Crippen LogP) is 4.20. The SMILES string of the molecule is CC[C@@]1(O)C(=O)OC(=O)C2=C1C=C1c3nc4cc(F)c(C)c5c4c(c3CN1C2)[C@@H](CC(=O)COCNC(=O)CCC(=O)[C@H](Cc1ccccc1)NC(=O)CCC(=O)CNC(=O)C(C)CCCCN1C(=O)CC(C)C1=O)CC5. The number of fused-ring (bicyclic) bond motifs is 4. The van der Waals surface area contributed by atoms with Crippen LogP contribution in [0.3, 0.4) is 0 Å². The Bertz CT molecular complexity index is 3010. The Labute approximate surface area is 444 Å². The number of unbranched alkanes of at least 4 members (excludes halogenated alkanes) is 1. The number of aryl methyl sites for hydroxylation is 1. The van der Waals surface area contributed by atoms with E-state index < -0.39 is 52.9 Å². The molecule has 5 atom stereocenters. The molecule has 3 aromatic rings. The fourth-order valence-corrected chi connectivity index (χ4v) is 11.0. The zero-order valence-electron chi connectivity index (χ0n) is 43.9. The number of nitrogens with one attached hydrogen (secondary N) is 3. The number of halogens is 1. The smallest absolute Gasteiger partial charge is 0.350 e. The summed E-state index contributed by atoms with van der Waals surface area (Å²) in [4.78, 5) is 136. The second kappa shape index (κ2) is 23.9. The Kier molecular flexibility index (Phi) is 17.4. The minimum atomic E-state index is -2.04. The Morgan fingerprint density at radius 2 is 1.71 bits per heavy atom. The van der Waals surface area contributed by atoms with Gasteiger partial charge in [0, 0.05) is 86.0 Å². The Hall–Kier alpha value is -7.32. The number of aliphatic hydroxyl groups is 1. The number of rotatable bonds is 25. The molecule has 5 heterocycles. The number of Topliss-reactive ketones (excluding diaryl/α,β-unsaturated/α-hetero) is 3. The van der Waals surface area contributed by atoms with E-state index in [0.29, 0.717) is 67.7 Å². The predicted molar refractivity (Wildman–Crippen MR) is 275 cm³/mol. The molecule has 2 aromatic carbocycles. The highest BCUT2D eigenvalue weighted by atomic mass is 19.1. The van der Waals surface area contributed by atoms with E-state index in [0.717, 1.165) is 27.6 Å². The molecule has 1 fully saturated rings. The van der Waals surface area contributed by atoms with Crippen LogP contribution in [0.15, 0.2) is 53.6 Å². The molecule has 20 heteroatoms. The fourth-order valence-electron chi connectivity index (χ4n) is 11.0. The number of aromatic nitrogens is 1. The third kappa shape index (κ3) is 12.3. The van der Waals surface area contributed by atoms with Crippen molar-refractivity contribution in [2.45, 2.75) is 135 Å². The molecule has 77 heavy (non-hydrogen) atoms. The van der Waals surface area contributed by atoms with Gasteiger partial charge in [-0.25, -0.2) is 19.0 Å². The molecule has 2 unspecified atom stereocenters. The van der Waals surface area contributed by atoms with E-state index in [9.17, 15) is 53.1 Å². The van der Waals surface area contributed by atoms with Crippen LogP contribution in [0.2, 0.25) is 0 Å². The van der Waals surface area contributed by atoms with Crippen LogP contribution in [0.4, 0.5) is 4.39 Å². The average Bonchev–Trinajstić information content (AvgIpc) is 4.15. The van der Waals surface area contributed by atoms with Gasteiger partial charge in [-0.05, 0) is 79.7 Å². The Morgan fingerprint density at radius 3 is 2.44 bits per heavy atom. The van der Waals surface area contributed by atoms with E-state index in [1.807, 2.05) is 11.0 Å². The molecule has 1 aromatic heterocycles. The molecule has 19 nitrogen and oxygen atoms in total. The molecule has 5 aliphatic rings. The number of pyridine rings is 1. The fraction of sp³-hybridized carbons (Fsp3) is 0.491. The van der Waals surface area contributed by atoms with Crippen LogP contribution in [0, 0.1) is 24.6 Å². The number of nitrogens with zero attached hydrogens (tertiary/aromatic N) is 3. The van der Waals surface area contributed by atoms with Gasteiger partial charge in [0.2, 0.25) is 29.5 Å². The van der Waals surface area contributed by atoms with Crippen molar-refractivity contribution in [2.75, 3.05) is 33.0 Å². The third-order valence-corrected chi connectivity index (χ3v) is 15.5. The lowest BCUT2D eigenvalue weighted by Crippen LogP contribution is -2.49. The van der Waals surface area contributed by atoms with Crippen molar-refractivity contribution in [1.82, 2.24) is 30.7 Å². The number of carbonyl (C=O) groups is 10. The van der Waals surface area contributed by atoms with Gasteiger partial charge in [0.25, 0.3) is 0 Å². The lowest BCUT2D eigenvalue weighted by molar-refractivity contribution is -0.172. The number of carbonyl (C=O) groups excluding carboxylic acids is 10. The molecule has 8 rings (SSSR count). The zero-order chi connectivity index (χ0) is 55.3. The van der Waals surface area contributed by atoms with Crippen molar-refractivity contribution in [3.05, 3.63) is 92.9 Å². The van der Waals surface area contributed by atoms with Crippen LogP contribution in [0.5, 0.6) is 0 Å². The van der Waals surface area contributed by atoms with Gasteiger partial charge in [0.15, 0.2) is 23.0 Å². The number of cyclic esters (lactones) is 2. The number of likely N-dealkylation sites (tertiary alicyclic amines) is 1. The third-order valence-electron chi connectivity index (χ3n) is 15.5. The molecule has 1 aliphatic carbocycles. The lowest BCUT2D eigenvalue weighted by atomic mass is 9.76. The van der Waals surface area contributed by atoms with Crippen LogP contribution in [-0.4, -0.2) is 123 Å². The maximum absolute atomic E-state index is 15.4. The molecule has 0 radical (unpaired) electrons. The summed E-state index contributed by atoms with van der Waals surface area (Å²) in [6.07, 6.45) is 3.75. The number of benzene rings is 2. The van der Waals surface area contributed by atoms with E-state index in [-0.39, 0.29) is 130 Å².